The van der Waals surface area contributed by atoms with Gasteiger partial charge in [-0.15, -0.1) is 11.3 Å². The van der Waals surface area contributed by atoms with Crippen molar-refractivity contribution in [3.63, 3.8) is 0 Å². The van der Waals surface area contributed by atoms with E-state index in [0.29, 0.717) is 32.8 Å². The maximum absolute atomic E-state index is 12.4. The van der Waals surface area contributed by atoms with Gasteiger partial charge in [0, 0.05) is 18.1 Å². The van der Waals surface area contributed by atoms with Crippen LogP contribution in [0.5, 0.6) is 0 Å². The average Bonchev–Trinajstić information content (AvgIpc) is 3.15. The van der Waals surface area contributed by atoms with Gasteiger partial charge in [0.2, 0.25) is 5.91 Å². The van der Waals surface area contributed by atoms with Gasteiger partial charge in [-0.25, -0.2) is 4.98 Å². The second-order valence-electron chi connectivity index (χ2n) is 6.31. The van der Waals surface area contributed by atoms with E-state index >= 15 is 0 Å². The number of hydrogen-bond acceptors (Lipinski definition) is 6. The molecule has 1 aliphatic rings. The number of aromatic nitrogens is 3. The first kappa shape index (κ1) is 17.1. The second-order valence-corrected chi connectivity index (χ2v) is 7.37. The van der Waals surface area contributed by atoms with Crippen LogP contribution < -0.4 is 0 Å². The first-order valence-electron chi connectivity index (χ1n) is 7.96. The molecule has 3 heterocycles. The van der Waals surface area contributed by atoms with E-state index < -0.39 is 0 Å². The zero-order valence-electron chi connectivity index (χ0n) is 14.3. The van der Waals surface area contributed by atoms with Crippen LogP contribution in [0.25, 0.3) is 0 Å². The van der Waals surface area contributed by atoms with Crippen molar-refractivity contribution >= 4 is 17.2 Å². The molecule has 0 saturated carbocycles. The molecule has 2 aromatic rings. The van der Waals surface area contributed by atoms with Gasteiger partial charge in [0.05, 0.1) is 48.7 Å². The summed E-state index contributed by atoms with van der Waals surface area (Å²) in [6.07, 6.45) is 1.78. The van der Waals surface area contributed by atoms with Gasteiger partial charge in [0.15, 0.2) is 0 Å². The smallest absolute Gasteiger partial charge is 0.237 e. The Labute approximate surface area is 145 Å². The molecule has 2 aromatic heterocycles. The van der Waals surface area contributed by atoms with Crippen molar-refractivity contribution in [1.82, 2.24) is 24.6 Å². The predicted molar refractivity (Wildman–Crippen MR) is 91.7 cm³/mol. The first-order chi connectivity index (χ1) is 11.5. The van der Waals surface area contributed by atoms with E-state index in [1.807, 2.05) is 46.9 Å². The van der Waals surface area contributed by atoms with Gasteiger partial charge < -0.3 is 14.5 Å². The molecule has 1 unspecified atom stereocenters. The van der Waals surface area contributed by atoms with Crippen LogP contribution in [0.3, 0.4) is 0 Å². The van der Waals surface area contributed by atoms with Crippen LogP contribution in [-0.2, 0) is 22.7 Å². The minimum absolute atomic E-state index is 0.0367. The number of thiazole rings is 1. The quantitative estimate of drug-likeness (QED) is 0.787. The highest BCUT2D eigenvalue weighted by atomic mass is 32.1. The van der Waals surface area contributed by atoms with Crippen molar-refractivity contribution in [2.75, 3.05) is 33.8 Å². The molecule has 3 rings (SSSR count). The molecular formula is C16H23N5O2S. The van der Waals surface area contributed by atoms with E-state index in [1.54, 1.807) is 17.5 Å². The Balaban J connectivity index is 1.62. The van der Waals surface area contributed by atoms with Gasteiger partial charge in [-0.3, -0.25) is 9.48 Å². The number of aryl methyl sites for hydroxylation is 1. The van der Waals surface area contributed by atoms with Crippen molar-refractivity contribution in [2.45, 2.75) is 26.1 Å². The molecule has 1 amide bonds. The summed E-state index contributed by atoms with van der Waals surface area (Å²) in [4.78, 5) is 20.6. The monoisotopic (exact) mass is 349 g/mol. The Morgan fingerprint density at radius 1 is 1.50 bits per heavy atom. The molecule has 1 atom stereocenters. The number of likely N-dealkylation sites (N-methyl/N-ethyl adjacent to an activating group) is 1. The van der Waals surface area contributed by atoms with Crippen LogP contribution in [0.2, 0.25) is 0 Å². The van der Waals surface area contributed by atoms with Crippen molar-refractivity contribution in [2.24, 2.45) is 0 Å². The van der Waals surface area contributed by atoms with E-state index in [4.69, 9.17) is 4.74 Å². The molecule has 0 aliphatic carbocycles. The van der Waals surface area contributed by atoms with Crippen molar-refractivity contribution in [3.8, 4) is 0 Å². The number of carbonyl (C=O) groups excluding carboxylic acids is 1. The van der Waals surface area contributed by atoms with E-state index in [0.717, 1.165) is 16.4 Å². The molecule has 0 radical (unpaired) electrons. The highest BCUT2D eigenvalue weighted by Crippen LogP contribution is 2.21. The molecule has 0 N–H and O–H groups in total. The number of fused-ring (bicyclic) bond motifs is 1. The lowest BCUT2D eigenvalue weighted by molar-refractivity contribution is -0.134. The predicted octanol–water partition coefficient (Wildman–Crippen LogP) is 1.31. The van der Waals surface area contributed by atoms with Crippen molar-refractivity contribution in [1.29, 1.82) is 0 Å². The van der Waals surface area contributed by atoms with Crippen LogP contribution in [0, 0.1) is 6.92 Å². The molecule has 24 heavy (non-hydrogen) atoms. The third-order valence-electron chi connectivity index (χ3n) is 3.91. The second kappa shape index (κ2) is 7.42. The van der Waals surface area contributed by atoms with E-state index in [-0.39, 0.29) is 11.9 Å². The molecular weight excluding hydrogens is 326 g/mol. The number of carbonyl (C=O) groups is 1. The summed E-state index contributed by atoms with van der Waals surface area (Å²) in [5.74, 6) is 0.132. The van der Waals surface area contributed by atoms with Gasteiger partial charge in [-0.2, -0.15) is 5.10 Å². The lowest BCUT2D eigenvalue weighted by Crippen LogP contribution is -2.45. The fourth-order valence-corrected chi connectivity index (χ4v) is 3.44. The maximum Gasteiger partial charge on any atom is 0.237 e. The maximum atomic E-state index is 12.4. The summed E-state index contributed by atoms with van der Waals surface area (Å²) in [5, 5.41) is 7.46. The fourth-order valence-electron chi connectivity index (χ4n) is 2.85. The lowest BCUT2D eigenvalue weighted by atomic mass is 10.2. The number of nitrogens with zero attached hydrogens (tertiary/aromatic N) is 5. The molecule has 0 bridgehead atoms. The Kier molecular flexibility index (Phi) is 5.27. The highest BCUT2D eigenvalue weighted by molar-refractivity contribution is 7.09. The van der Waals surface area contributed by atoms with Gasteiger partial charge >= 0.3 is 0 Å². The molecule has 8 heteroatoms. The summed E-state index contributed by atoms with van der Waals surface area (Å²) in [7, 11) is 3.81. The average molecular weight is 349 g/mol. The fraction of sp³-hybridized carbons (Fsp3) is 0.562. The zero-order valence-corrected chi connectivity index (χ0v) is 15.1. The van der Waals surface area contributed by atoms with Crippen LogP contribution >= 0.6 is 11.3 Å². The van der Waals surface area contributed by atoms with Crippen molar-refractivity contribution in [3.05, 3.63) is 34.0 Å². The van der Waals surface area contributed by atoms with E-state index in [1.165, 1.54) is 0 Å². The molecule has 130 valence electrons. The van der Waals surface area contributed by atoms with Gasteiger partial charge in [-0.1, -0.05) is 0 Å². The third kappa shape index (κ3) is 4.00. The van der Waals surface area contributed by atoms with Crippen molar-refractivity contribution < 1.29 is 9.53 Å². The largest absolute Gasteiger partial charge is 0.373 e. The lowest BCUT2D eigenvalue weighted by Gasteiger charge is -2.34. The standard InChI is InChI=1S/C16H23N5O2S/c1-12-18-13(11-24-12)9-23-10-15-7-20(16(22)8-19(2)3)6-14-4-5-17-21(14)15/h4-5,11,15H,6-10H2,1-3H3. The Morgan fingerprint density at radius 3 is 3.04 bits per heavy atom. The van der Waals surface area contributed by atoms with Crippen LogP contribution in [-0.4, -0.2) is 64.3 Å². The molecule has 0 saturated heterocycles. The first-order valence-corrected chi connectivity index (χ1v) is 8.84. The molecule has 0 spiro atoms. The number of hydrogen-bond donors (Lipinski definition) is 0. The zero-order chi connectivity index (χ0) is 17.1. The number of amides is 1. The molecule has 1 aliphatic heterocycles. The highest BCUT2D eigenvalue weighted by Gasteiger charge is 2.28. The summed E-state index contributed by atoms with van der Waals surface area (Å²) in [6, 6.07) is 2.00. The van der Waals surface area contributed by atoms with Gasteiger partial charge in [0.1, 0.15) is 0 Å². The topological polar surface area (TPSA) is 63.5 Å². The summed E-state index contributed by atoms with van der Waals surface area (Å²) in [6.45, 7) is 4.63. The Bertz CT molecular complexity index is 696. The minimum atomic E-state index is 0.0367. The number of ether oxygens (including phenoxy) is 1. The third-order valence-corrected chi connectivity index (χ3v) is 4.74. The van der Waals surface area contributed by atoms with Gasteiger partial charge in [0.25, 0.3) is 0 Å². The Hall–Kier alpha value is -1.77. The molecule has 0 fully saturated rings. The minimum Gasteiger partial charge on any atom is -0.373 e. The SMILES string of the molecule is Cc1nc(COCC2CN(C(=O)CN(C)C)Cc3ccnn32)cs1. The summed E-state index contributed by atoms with van der Waals surface area (Å²) >= 11 is 1.62. The van der Waals surface area contributed by atoms with Crippen LogP contribution in [0.4, 0.5) is 0 Å². The normalized spacial score (nSPS) is 17.3. The van der Waals surface area contributed by atoms with Crippen LogP contribution in [0.1, 0.15) is 22.4 Å². The van der Waals surface area contributed by atoms with E-state index in [9.17, 15) is 4.79 Å². The molecule has 0 aromatic carbocycles. The summed E-state index contributed by atoms with van der Waals surface area (Å²) in [5.41, 5.74) is 2.00. The summed E-state index contributed by atoms with van der Waals surface area (Å²) < 4.78 is 7.82. The van der Waals surface area contributed by atoms with E-state index in [2.05, 4.69) is 10.1 Å². The molecule has 7 nitrogen and oxygen atoms in total. The number of rotatable bonds is 6. The van der Waals surface area contributed by atoms with Crippen LogP contribution in [0.15, 0.2) is 17.6 Å². The van der Waals surface area contributed by atoms with Gasteiger partial charge in [-0.05, 0) is 27.1 Å². The Morgan fingerprint density at radius 2 is 2.33 bits per heavy atom.